The van der Waals surface area contributed by atoms with Gasteiger partial charge in [-0.15, -0.1) is 0 Å². The molecule has 1 heterocycles. The van der Waals surface area contributed by atoms with Crippen LogP contribution < -0.4 is 14.9 Å². The van der Waals surface area contributed by atoms with E-state index in [2.05, 4.69) is 5.32 Å². The third-order valence-electron chi connectivity index (χ3n) is 4.56. The topological polar surface area (TPSA) is 122 Å². The van der Waals surface area contributed by atoms with Gasteiger partial charge in [0.05, 0.1) is 10.6 Å². The van der Waals surface area contributed by atoms with Gasteiger partial charge in [-0.2, -0.15) is 0 Å². The first-order valence-corrected chi connectivity index (χ1v) is 10.5. The van der Waals surface area contributed by atoms with Gasteiger partial charge in [0.25, 0.3) is 15.9 Å². The summed E-state index contributed by atoms with van der Waals surface area (Å²) >= 11 is 0. The third kappa shape index (κ3) is 4.16. The van der Waals surface area contributed by atoms with E-state index < -0.39 is 41.1 Å². The van der Waals surface area contributed by atoms with Gasteiger partial charge in [0, 0.05) is 11.4 Å². The number of esters is 1. The Hall–Kier alpha value is -3.14. The van der Waals surface area contributed by atoms with Gasteiger partial charge >= 0.3 is 12.0 Å². The number of carbonyl (C=O) groups is 3. The lowest BCUT2D eigenvalue weighted by molar-refractivity contribution is -0.146. The summed E-state index contributed by atoms with van der Waals surface area (Å²) in [5.74, 6) is -1.72. The monoisotopic (exact) mass is 419 g/mol. The first-order valence-electron chi connectivity index (χ1n) is 9.04. The molecular weight excluding hydrogens is 398 g/mol. The van der Waals surface area contributed by atoms with Crippen molar-refractivity contribution in [2.24, 2.45) is 0 Å². The largest absolute Gasteiger partial charge is 0.454 e. The molecule has 0 spiro atoms. The van der Waals surface area contributed by atoms with Gasteiger partial charge in [0.1, 0.15) is 6.54 Å². The lowest BCUT2D eigenvalue weighted by atomic mass is 10.1. The first kappa shape index (κ1) is 20.6. The van der Waals surface area contributed by atoms with Crippen molar-refractivity contribution in [3.05, 3.63) is 36.4 Å². The Labute approximate surface area is 168 Å². The van der Waals surface area contributed by atoms with Gasteiger partial charge in [0.2, 0.25) is 0 Å². The Bertz CT molecular complexity index is 1080. The summed E-state index contributed by atoms with van der Waals surface area (Å²) in [4.78, 5) is 35.6. The molecule has 0 aliphatic carbocycles. The predicted molar refractivity (Wildman–Crippen MR) is 106 cm³/mol. The van der Waals surface area contributed by atoms with E-state index in [0.29, 0.717) is 17.5 Å². The summed E-state index contributed by atoms with van der Waals surface area (Å²) in [5, 5.41) is 5.87. The molecule has 3 rings (SSSR count). The van der Waals surface area contributed by atoms with Crippen molar-refractivity contribution in [3.8, 4) is 0 Å². The van der Waals surface area contributed by atoms with Crippen molar-refractivity contribution < 1.29 is 27.5 Å². The fraction of sp³-hybridized carbons (Fsp3) is 0.316. The average Bonchev–Trinajstić information content (AvgIpc) is 2.89. The molecule has 2 aromatic carbocycles. The van der Waals surface area contributed by atoms with Crippen LogP contribution in [0.4, 0.5) is 10.5 Å². The van der Waals surface area contributed by atoms with Crippen molar-refractivity contribution in [2.45, 2.75) is 31.2 Å². The van der Waals surface area contributed by atoms with Crippen molar-refractivity contribution in [1.29, 1.82) is 0 Å². The molecule has 3 amide bonds. The SMILES string of the molecule is CC[C@@H](C)NC(=O)NC(=O)COC(=O)CN1c2cccc3cccc(c23)S1(=O)=O. The summed E-state index contributed by atoms with van der Waals surface area (Å²) < 4.78 is 31.4. The van der Waals surface area contributed by atoms with Gasteiger partial charge < -0.3 is 10.1 Å². The molecule has 0 aromatic heterocycles. The van der Waals surface area contributed by atoms with Crippen LogP contribution >= 0.6 is 0 Å². The van der Waals surface area contributed by atoms with E-state index in [4.69, 9.17) is 4.74 Å². The minimum absolute atomic E-state index is 0.116. The molecule has 9 nitrogen and oxygen atoms in total. The second-order valence-electron chi connectivity index (χ2n) is 6.63. The highest BCUT2D eigenvalue weighted by atomic mass is 32.2. The third-order valence-corrected chi connectivity index (χ3v) is 6.36. The molecule has 154 valence electrons. The Balaban J connectivity index is 1.63. The van der Waals surface area contributed by atoms with Crippen LogP contribution in [0.5, 0.6) is 0 Å². The number of hydrogen-bond donors (Lipinski definition) is 2. The van der Waals surface area contributed by atoms with Crippen LogP contribution in [0.3, 0.4) is 0 Å². The Morgan fingerprint density at radius 3 is 2.52 bits per heavy atom. The minimum atomic E-state index is -3.90. The van der Waals surface area contributed by atoms with Gasteiger partial charge in [-0.3, -0.25) is 19.2 Å². The normalized spacial score (nSPS) is 15.0. The number of hydrogen-bond acceptors (Lipinski definition) is 6. The van der Waals surface area contributed by atoms with Crippen LogP contribution in [0.25, 0.3) is 10.8 Å². The van der Waals surface area contributed by atoms with Gasteiger partial charge in [-0.05, 0) is 30.9 Å². The highest BCUT2D eigenvalue weighted by Crippen LogP contribution is 2.41. The number of nitrogens with zero attached hydrogens (tertiary/aromatic N) is 1. The number of imide groups is 1. The lowest BCUT2D eigenvalue weighted by Crippen LogP contribution is -2.45. The molecule has 0 fully saturated rings. The predicted octanol–water partition coefficient (Wildman–Crippen LogP) is 1.52. The van der Waals surface area contributed by atoms with Crippen molar-refractivity contribution in [3.63, 3.8) is 0 Å². The number of rotatable bonds is 6. The second kappa shape index (κ2) is 8.08. The van der Waals surface area contributed by atoms with E-state index in [1.54, 1.807) is 37.3 Å². The van der Waals surface area contributed by atoms with E-state index in [1.807, 2.05) is 12.2 Å². The van der Waals surface area contributed by atoms with Crippen LogP contribution in [0.2, 0.25) is 0 Å². The molecule has 2 aromatic rings. The molecule has 0 bridgehead atoms. The molecule has 1 aliphatic rings. The number of carbonyl (C=O) groups excluding carboxylic acids is 3. The van der Waals surface area contributed by atoms with Gasteiger partial charge in [-0.1, -0.05) is 31.2 Å². The summed E-state index contributed by atoms with van der Waals surface area (Å²) in [5.41, 5.74) is 0.382. The van der Waals surface area contributed by atoms with Crippen molar-refractivity contribution in [1.82, 2.24) is 10.6 Å². The van der Waals surface area contributed by atoms with E-state index in [9.17, 15) is 22.8 Å². The fourth-order valence-corrected chi connectivity index (χ4v) is 4.62. The quantitative estimate of drug-likeness (QED) is 0.685. The van der Waals surface area contributed by atoms with Crippen LogP contribution in [0.1, 0.15) is 20.3 Å². The highest BCUT2D eigenvalue weighted by molar-refractivity contribution is 7.93. The number of anilines is 1. The minimum Gasteiger partial charge on any atom is -0.454 e. The molecule has 0 saturated carbocycles. The van der Waals surface area contributed by atoms with Crippen LogP contribution in [-0.2, 0) is 24.3 Å². The van der Waals surface area contributed by atoms with E-state index in [0.717, 1.165) is 9.69 Å². The van der Waals surface area contributed by atoms with E-state index in [1.165, 1.54) is 6.07 Å². The van der Waals surface area contributed by atoms with Crippen molar-refractivity contribution >= 4 is 44.4 Å². The Kier molecular flexibility index (Phi) is 5.73. The molecule has 2 N–H and O–H groups in total. The first-order chi connectivity index (χ1) is 13.7. The standard InChI is InChI=1S/C19H21N3O6S/c1-3-12(2)20-19(25)21-16(23)11-28-17(24)10-22-14-8-4-6-13-7-5-9-15(18(13)14)29(22,26)27/h4-9,12H,3,10-11H2,1-2H3,(H2,20,21,23,25)/t12-/m1/s1. The number of sulfonamides is 1. The highest BCUT2D eigenvalue weighted by Gasteiger charge is 2.37. The number of ether oxygens (including phenoxy) is 1. The maximum absolute atomic E-state index is 12.8. The lowest BCUT2D eigenvalue weighted by Gasteiger charge is -2.17. The average molecular weight is 419 g/mol. The Morgan fingerprint density at radius 2 is 1.83 bits per heavy atom. The summed E-state index contributed by atoms with van der Waals surface area (Å²) in [7, 11) is -3.90. The summed E-state index contributed by atoms with van der Waals surface area (Å²) in [6.07, 6.45) is 0.691. The zero-order valence-electron chi connectivity index (χ0n) is 16.0. The molecular formula is C19H21N3O6S. The number of urea groups is 1. The van der Waals surface area contributed by atoms with Crippen LogP contribution in [0.15, 0.2) is 41.3 Å². The molecule has 0 radical (unpaired) electrons. The zero-order valence-corrected chi connectivity index (χ0v) is 16.8. The summed E-state index contributed by atoms with van der Waals surface area (Å²) in [6.45, 7) is 2.37. The van der Waals surface area contributed by atoms with E-state index >= 15 is 0 Å². The fourth-order valence-electron chi connectivity index (χ4n) is 2.96. The molecule has 10 heteroatoms. The van der Waals surface area contributed by atoms with E-state index in [-0.39, 0.29) is 10.9 Å². The van der Waals surface area contributed by atoms with Crippen LogP contribution in [0, 0.1) is 0 Å². The number of amides is 3. The molecule has 0 saturated heterocycles. The smallest absolute Gasteiger partial charge is 0.327 e. The van der Waals surface area contributed by atoms with Gasteiger partial charge in [0.15, 0.2) is 6.61 Å². The summed E-state index contributed by atoms with van der Waals surface area (Å²) in [6, 6.07) is 9.19. The number of benzene rings is 2. The van der Waals surface area contributed by atoms with Crippen molar-refractivity contribution in [2.75, 3.05) is 17.5 Å². The number of nitrogens with one attached hydrogen (secondary N) is 2. The molecule has 1 atom stereocenters. The Morgan fingerprint density at radius 1 is 1.14 bits per heavy atom. The van der Waals surface area contributed by atoms with Gasteiger partial charge in [-0.25, -0.2) is 13.2 Å². The maximum atomic E-state index is 12.8. The van der Waals surface area contributed by atoms with Crippen LogP contribution in [-0.4, -0.2) is 45.5 Å². The zero-order chi connectivity index (χ0) is 21.2. The molecule has 29 heavy (non-hydrogen) atoms. The molecule has 0 unspecified atom stereocenters. The maximum Gasteiger partial charge on any atom is 0.327 e. The second-order valence-corrected chi connectivity index (χ2v) is 8.47. The molecule has 1 aliphatic heterocycles.